The lowest BCUT2D eigenvalue weighted by atomic mass is 10.1. The van der Waals surface area contributed by atoms with Gasteiger partial charge >= 0.3 is 5.97 Å². The molecule has 0 N–H and O–H groups in total. The highest BCUT2D eigenvalue weighted by atomic mass is 16.5. The summed E-state index contributed by atoms with van der Waals surface area (Å²) < 4.78 is 21.5. The summed E-state index contributed by atoms with van der Waals surface area (Å²) in [5.74, 6) is 1.95. The van der Waals surface area contributed by atoms with Crippen LogP contribution in [0.5, 0.6) is 17.2 Å². The number of unbranched alkanes of at least 4 members (excludes halogenated alkanes) is 2. The molecule has 25 heavy (non-hydrogen) atoms. The third-order valence-corrected chi connectivity index (χ3v) is 3.79. The molecule has 6 heteroatoms. The highest BCUT2D eigenvalue weighted by Crippen LogP contribution is 2.34. The van der Waals surface area contributed by atoms with Gasteiger partial charge < -0.3 is 18.9 Å². The van der Waals surface area contributed by atoms with E-state index in [4.69, 9.17) is 18.9 Å². The molecule has 0 bridgehead atoms. The van der Waals surface area contributed by atoms with E-state index >= 15 is 0 Å². The number of carbonyl (C=O) groups is 1. The summed E-state index contributed by atoms with van der Waals surface area (Å²) in [6.07, 6.45) is 4.74. The lowest BCUT2D eigenvalue weighted by Crippen LogP contribution is -2.04. The Hall–Kier alpha value is -2.50. The summed E-state index contributed by atoms with van der Waals surface area (Å²) >= 11 is 0. The smallest absolute Gasteiger partial charge is 0.305 e. The van der Waals surface area contributed by atoms with E-state index in [1.807, 2.05) is 19.1 Å². The van der Waals surface area contributed by atoms with Gasteiger partial charge in [-0.2, -0.15) is 0 Å². The number of fused-ring (bicyclic) bond motifs is 1. The first-order valence-corrected chi connectivity index (χ1v) is 8.48. The van der Waals surface area contributed by atoms with Crippen molar-refractivity contribution in [3.63, 3.8) is 0 Å². The Morgan fingerprint density at radius 3 is 2.64 bits per heavy atom. The normalized spacial score (nSPS) is 10.5. The molecule has 2 rings (SSSR count). The molecular weight excluding hydrogens is 322 g/mol. The first-order valence-electron chi connectivity index (χ1n) is 8.48. The van der Waals surface area contributed by atoms with E-state index in [9.17, 15) is 4.79 Å². The van der Waals surface area contributed by atoms with E-state index in [0.717, 1.165) is 35.9 Å². The summed E-state index contributed by atoms with van der Waals surface area (Å²) in [6, 6.07) is 5.52. The van der Waals surface area contributed by atoms with Gasteiger partial charge in [-0.1, -0.05) is 0 Å². The molecule has 0 aliphatic carbocycles. The Bertz CT molecular complexity index is 702. The Balaban J connectivity index is 1.94. The SMILES string of the molecule is CCOC(=O)CCCCCOc1ccnc2c(OC)cc(OC)cc12. The topological polar surface area (TPSA) is 66.9 Å². The van der Waals surface area contributed by atoms with Crippen molar-refractivity contribution in [2.24, 2.45) is 0 Å². The number of pyridine rings is 1. The molecular formula is C19H25NO5. The molecule has 0 atom stereocenters. The average molecular weight is 347 g/mol. The molecule has 0 saturated heterocycles. The van der Waals surface area contributed by atoms with E-state index < -0.39 is 0 Å². The predicted octanol–water partition coefficient (Wildman–Crippen LogP) is 3.75. The van der Waals surface area contributed by atoms with E-state index in [1.165, 1.54) is 0 Å². The van der Waals surface area contributed by atoms with Gasteiger partial charge in [0, 0.05) is 24.1 Å². The van der Waals surface area contributed by atoms with Crippen LogP contribution in [0.15, 0.2) is 24.4 Å². The second kappa shape index (κ2) is 9.71. The summed E-state index contributed by atoms with van der Waals surface area (Å²) in [7, 11) is 3.22. The molecule has 0 amide bonds. The number of aromatic nitrogens is 1. The van der Waals surface area contributed by atoms with Gasteiger partial charge in [0.2, 0.25) is 0 Å². The fourth-order valence-electron chi connectivity index (χ4n) is 2.54. The Morgan fingerprint density at radius 2 is 1.92 bits per heavy atom. The van der Waals surface area contributed by atoms with Crippen molar-refractivity contribution >= 4 is 16.9 Å². The number of rotatable bonds is 10. The fourth-order valence-corrected chi connectivity index (χ4v) is 2.54. The van der Waals surface area contributed by atoms with E-state index in [1.54, 1.807) is 26.5 Å². The maximum atomic E-state index is 11.3. The molecule has 0 unspecified atom stereocenters. The number of ether oxygens (including phenoxy) is 4. The lowest BCUT2D eigenvalue weighted by molar-refractivity contribution is -0.143. The minimum Gasteiger partial charge on any atom is -0.497 e. The van der Waals surface area contributed by atoms with Crippen LogP contribution in [0.2, 0.25) is 0 Å². The highest BCUT2D eigenvalue weighted by Gasteiger charge is 2.11. The van der Waals surface area contributed by atoms with Crippen molar-refractivity contribution in [2.75, 3.05) is 27.4 Å². The first kappa shape index (κ1) is 18.8. The molecule has 0 fully saturated rings. The maximum absolute atomic E-state index is 11.3. The number of methoxy groups -OCH3 is 2. The number of esters is 1. The van der Waals surface area contributed by atoms with Gasteiger partial charge in [0.25, 0.3) is 0 Å². The molecule has 0 aliphatic heterocycles. The van der Waals surface area contributed by atoms with Gasteiger partial charge in [0.05, 0.1) is 27.4 Å². The summed E-state index contributed by atoms with van der Waals surface area (Å²) in [5, 5.41) is 0.852. The fraction of sp³-hybridized carbons (Fsp3) is 0.474. The van der Waals surface area contributed by atoms with Gasteiger partial charge in [-0.15, -0.1) is 0 Å². The predicted molar refractivity (Wildman–Crippen MR) is 95.4 cm³/mol. The van der Waals surface area contributed by atoms with Gasteiger partial charge in [-0.05, 0) is 38.3 Å². The molecule has 6 nitrogen and oxygen atoms in total. The second-order valence-electron chi connectivity index (χ2n) is 5.50. The second-order valence-corrected chi connectivity index (χ2v) is 5.50. The van der Waals surface area contributed by atoms with Crippen LogP contribution in [0.3, 0.4) is 0 Å². The van der Waals surface area contributed by atoms with Crippen LogP contribution in [0.1, 0.15) is 32.6 Å². The van der Waals surface area contributed by atoms with Crippen molar-refractivity contribution in [1.82, 2.24) is 4.98 Å². The molecule has 0 spiro atoms. The highest BCUT2D eigenvalue weighted by molar-refractivity contribution is 5.91. The Morgan fingerprint density at radius 1 is 1.08 bits per heavy atom. The van der Waals surface area contributed by atoms with Crippen LogP contribution >= 0.6 is 0 Å². The van der Waals surface area contributed by atoms with Crippen LogP contribution in [-0.2, 0) is 9.53 Å². The van der Waals surface area contributed by atoms with Crippen LogP contribution in [-0.4, -0.2) is 38.4 Å². The summed E-state index contributed by atoms with van der Waals surface area (Å²) in [5.41, 5.74) is 0.739. The molecule has 1 aromatic carbocycles. The molecule has 0 saturated carbocycles. The van der Waals surface area contributed by atoms with Gasteiger partial charge in [-0.25, -0.2) is 0 Å². The zero-order valence-corrected chi connectivity index (χ0v) is 15.0. The molecule has 136 valence electrons. The standard InChI is InChI=1S/C19H25NO5/c1-4-24-18(21)8-6-5-7-11-25-16-9-10-20-19-15(16)12-14(22-2)13-17(19)23-3/h9-10,12-13H,4-8,11H2,1-3H3. The van der Waals surface area contributed by atoms with Crippen LogP contribution in [0.4, 0.5) is 0 Å². The number of carbonyl (C=O) groups excluding carboxylic acids is 1. The van der Waals surface area contributed by atoms with E-state index in [2.05, 4.69) is 4.98 Å². The third-order valence-electron chi connectivity index (χ3n) is 3.79. The zero-order chi connectivity index (χ0) is 18.1. The van der Waals surface area contributed by atoms with Gasteiger partial charge in [0.15, 0.2) is 0 Å². The van der Waals surface area contributed by atoms with Crippen molar-refractivity contribution in [3.8, 4) is 17.2 Å². The number of hydrogen-bond acceptors (Lipinski definition) is 6. The molecule has 0 radical (unpaired) electrons. The number of nitrogens with zero attached hydrogens (tertiary/aromatic N) is 1. The lowest BCUT2D eigenvalue weighted by Gasteiger charge is -2.12. The summed E-state index contributed by atoms with van der Waals surface area (Å²) in [4.78, 5) is 15.7. The Kier molecular flexibility index (Phi) is 7.32. The number of benzene rings is 1. The number of hydrogen-bond donors (Lipinski definition) is 0. The van der Waals surface area contributed by atoms with Crippen molar-refractivity contribution < 1.29 is 23.7 Å². The Labute approximate surface area is 148 Å². The van der Waals surface area contributed by atoms with Gasteiger partial charge in [-0.3, -0.25) is 9.78 Å². The van der Waals surface area contributed by atoms with Crippen LogP contribution < -0.4 is 14.2 Å². The van der Waals surface area contributed by atoms with Gasteiger partial charge in [0.1, 0.15) is 22.8 Å². The molecule has 1 aromatic heterocycles. The molecule has 0 aliphatic rings. The minimum atomic E-state index is -0.136. The monoisotopic (exact) mass is 347 g/mol. The zero-order valence-electron chi connectivity index (χ0n) is 15.0. The largest absolute Gasteiger partial charge is 0.497 e. The first-order chi connectivity index (χ1) is 12.2. The molecule has 1 heterocycles. The van der Waals surface area contributed by atoms with Crippen molar-refractivity contribution in [2.45, 2.75) is 32.6 Å². The van der Waals surface area contributed by atoms with Crippen molar-refractivity contribution in [3.05, 3.63) is 24.4 Å². The van der Waals surface area contributed by atoms with E-state index in [-0.39, 0.29) is 5.97 Å². The van der Waals surface area contributed by atoms with E-state index in [0.29, 0.717) is 31.1 Å². The third kappa shape index (κ3) is 5.24. The van der Waals surface area contributed by atoms with Crippen LogP contribution in [0.25, 0.3) is 10.9 Å². The maximum Gasteiger partial charge on any atom is 0.305 e. The van der Waals surface area contributed by atoms with Crippen LogP contribution in [0, 0.1) is 0 Å². The molecule has 2 aromatic rings. The summed E-state index contributed by atoms with van der Waals surface area (Å²) in [6.45, 7) is 2.82. The average Bonchev–Trinajstić information content (AvgIpc) is 2.63. The minimum absolute atomic E-state index is 0.136. The van der Waals surface area contributed by atoms with Crippen molar-refractivity contribution in [1.29, 1.82) is 0 Å². The quantitative estimate of drug-likeness (QED) is 0.482.